The molecular formula is C35H37N4O2S2+. The number of hydrogen-bond donors (Lipinski definition) is 2. The van der Waals surface area contributed by atoms with Gasteiger partial charge in [-0.3, -0.25) is 0 Å². The lowest BCUT2D eigenvalue weighted by molar-refractivity contribution is -0.670. The fourth-order valence-electron chi connectivity index (χ4n) is 5.29. The quantitative estimate of drug-likeness (QED) is 0.119. The van der Waals surface area contributed by atoms with Crippen molar-refractivity contribution in [2.45, 2.75) is 11.4 Å². The minimum Gasteiger partial charge on any atom is -0.378 e. The van der Waals surface area contributed by atoms with E-state index >= 15 is 0 Å². The minimum absolute atomic E-state index is 0.519. The monoisotopic (exact) mass is 609 g/mol. The van der Waals surface area contributed by atoms with Crippen molar-refractivity contribution in [3.63, 3.8) is 0 Å². The molecule has 220 valence electrons. The van der Waals surface area contributed by atoms with Crippen LogP contribution < -0.4 is 20.9 Å². The van der Waals surface area contributed by atoms with E-state index in [-0.39, 0.29) is 0 Å². The van der Waals surface area contributed by atoms with Crippen molar-refractivity contribution in [3.05, 3.63) is 107 Å². The van der Waals surface area contributed by atoms with Crippen LogP contribution in [-0.2, 0) is 16.0 Å². The maximum atomic E-state index is 5.84. The summed E-state index contributed by atoms with van der Waals surface area (Å²) >= 11 is 3.62. The molecule has 6 rings (SSSR count). The van der Waals surface area contributed by atoms with Crippen molar-refractivity contribution in [2.75, 3.05) is 51.0 Å². The molecule has 1 aliphatic rings. The van der Waals surface area contributed by atoms with Crippen molar-refractivity contribution in [3.8, 4) is 22.3 Å². The Morgan fingerprint density at radius 1 is 0.698 bits per heavy atom. The SMILES string of the molecule is NCCOCCN1C(=Cc2sc3ccc(-c4ccccc4)cc3[n+]2CCOCCN)Sc2ccc(-c3ccccc3)cc21. The van der Waals surface area contributed by atoms with Crippen molar-refractivity contribution >= 4 is 45.1 Å². The zero-order valence-corrected chi connectivity index (χ0v) is 25.8. The molecule has 0 radical (unpaired) electrons. The van der Waals surface area contributed by atoms with E-state index in [1.54, 1.807) is 0 Å². The Balaban J connectivity index is 1.39. The first-order chi connectivity index (χ1) is 21.2. The summed E-state index contributed by atoms with van der Waals surface area (Å²) in [6, 6.07) is 34.6. The number of thioether (sulfide) groups is 1. The summed E-state index contributed by atoms with van der Waals surface area (Å²) in [5.41, 5.74) is 18.6. The summed E-state index contributed by atoms with van der Waals surface area (Å²) in [6.07, 6.45) is 2.32. The summed E-state index contributed by atoms with van der Waals surface area (Å²) in [6.45, 7) is 4.84. The van der Waals surface area contributed by atoms with Crippen molar-refractivity contribution in [1.82, 2.24) is 0 Å². The smallest absolute Gasteiger partial charge is 0.265 e. The topological polar surface area (TPSA) is 77.6 Å². The second-order valence-corrected chi connectivity index (χ2v) is 12.4. The molecule has 0 atom stereocenters. The lowest BCUT2D eigenvalue weighted by Gasteiger charge is -2.20. The molecule has 2 heterocycles. The molecule has 4 aromatic carbocycles. The van der Waals surface area contributed by atoms with Gasteiger partial charge in [-0.05, 0) is 40.5 Å². The molecule has 5 aromatic rings. The van der Waals surface area contributed by atoms with E-state index in [0.717, 1.165) is 13.1 Å². The third kappa shape index (κ3) is 6.86. The first-order valence-electron chi connectivity index (χ1n) is 14.7. The van der Waals surface area contributed by atoms with Crippen LogP contribution in [0.4, 0.5) is 5.69 Å². The van der Waals surface area contributed by atoms with E-state index in [2.05, 4.69) is 113 Å². The van der Waals surface area contributed by atoms with Gasteiger partial charge < -0.3 is 25.8 Å². The Bertz CT molecular complexity index is 1690. The van der Waals surface area contributed by atoms with Crippen LogP contribution in [0.1, 0.15) is 5.01 Å². The summed E-state index contributed by atoms with van der Waals surface area (Å²) < 4.78 is 15.3. The van der Waals surface area contributed by atoms with Crippen LogP contribution in [0.5, 0.6) is 0 Å². The number of thiazole rings is 1. The van der Waals surface area contributed by atoms with Gasteiger partial charge in [-0.25, -0.2) is 0 Å². The Morgan fingerprint density at radius 3 is 2.05 bits per heavy atom. The average molecular weight is 610 g/mol. The van der Waals surface area contributed by atoms with Gasteiger partial charge in [0, 0.05) is 30.6 Å². The fourth-order valence-corrected chi connectivity index (χ4v) is 7.57. The molecule has 1 aromatic heterocycles. The highest BCUT2D eigenvalue weighted by Gasteiger charge is 2.28. The maximum Gasteiger partial charge on any atom is 0.265 e. The Morgan fingerprint density at radius 2 is 1.35 bits per heavy atom. The highest BCUT2D eigenvalue weighted by molar-refractivity contribution is 8.03. The lowest BCUT2D eigenvalue weighted by atomic mass is 10.0. The molecular weight excluding hydrogens is 573 g/mol. The maximum absolute atomic E-state index is 5.84. The Labute approximate surface area is 261 Å². The summed E-state index contributed by atoms with van der Waals surface area (Å²) in [5, 5.41) is 2.37. The third-order valence-corrected chi connectivity index (χ3v) is 9.59. The number of nitrogens with two attached hydrogens (primary N) is 2. The van der Waals surface area contributed by atoms with Crippen LogP contribution in [0.2, 0.25) is 0 Å². The number of ether oxygens (including phenoxy) is 2. The molecule has 0 bridgehead atoms. The number of hydrogen-bond acceptors (Lipinski definition) is 7. The summed E-state index contributed by atoms with van der Waals surface area (Å²) in [7, 11) is 0. The first kappa shape index (κ1) is 29.6. The second-order valence-electron chi connectivity index (χ2n) is 10.2. The fraction of sp³-hybridized carbons (Fsp3) is 0.229. The van der Waals surface area contributed by atoms with E-state index in [4.69, 9.17) is 20.9 Å². The number of rotatable bonds is 13. The van der Waals surface area contributed by atoms with Gasteiger partial charge in [0.05, 0.1) is 36.6 Å². The van der Waals surface area contributed by atoms with Crippen LogP contribution >= 0.6 is 23.1 Å². The number of fused-ring (bicyclic) bond motifs is 2. The highest BCUT2D eigenvalue weighted by Crippen LogP contribution is 2.48. The largest absolute Gasteiger partial charge is 0.378 e. The van der Waals surface area contributed by atoms with E-state index in [9.17, 15) is 0 Å². The van der Waals surface area contributed by atoms with Crippen LogP contribution in [0, 0.1) is 0 Å². The van der Waals surface area contributed by atoms with E-state index in [1.165, 1.54) is 53.1 Å². The number of nitrogens with zero attached hydrogens (tertiary/aromatic N) is 2. The lowest BCUT2D eigenvalue weighted by Crippen LogP contribution is -2.38. The van der Waals surface area contributed by atoms with Gasteiger partial charge in [0.15, 0.2) is 6.54 Å². The molecule has 0 aliphatic carbocycles. The molecule has 43 heavy (non-hydrogen) atoms. The van der Waals surface area contributed by atoms with Gasteiger partial charge in [0.1, 0.15) is 11.3 Å². The minimum atomic E-state index is 0.519. The summed E-state index contributed by atoms with van der Waals surface area (Å²) in [4.78, 5) is 3.63. The zero-order chi connectivity index (χ0) is 29.4. The first-order valence-corrected chi connectivity index (χ1v) is 16.3. The normalized spacial score (nSPS) is 13.7. The molecule has 0 amide bonds. The number of benzene rings is 4. The van der Waals surface area contributed by atoms with Crippen molar-refractivity contribution < 1.29 is 14.0 Å². The van der Waals surface area contributed by atoms with Crippen molar-refractivity contribution in [2.24, 2.45) is 11.5 Å². The molecule has 0 unspecified atom stereocenters. The second kappa shape index (κ2) is 14.3. The van der Waals surface area contributed by atoms with Crippen molar-refractivity contribution in [1.29, 1.82) is 0 Å². The molecule has 4 N–H and O–H groups in total. The molecule has 8 heteroatoms. The van der Waals surface area contributed by atoms with Gasteiger partial charge in [-0.15, -0.1) is 0 Å². The van der Waals surface area contributed by atoms with Gasteiger partial charge in [0.2, 0.25) is 5.52 Å². The molecule has 1 aliphatic heterocycles. The van der Waals surface area contributed by atoms with Crippen LogP contribution in [0.25, 0.3) is 38.5 Å². The number of aromatic nitrogens is 1. The molecule has 6 nitrogen and oxygen atoms in total. The van der Waals surface area contributed by atoms with Gasteiger partial charge in [-0.1, -0.05) is 95.9 Å². The van der Waals surface area contributed by atoms with Crippen LogP contribution in [0.3, 0.4) is 0 Å². The van der Waals surface area contributed by atoms with Gasteiger partial charge in [-0.2, -0.15) is 4.57 Å². The van der Waals surface area contributed by atoms with E-state index in [1.807, 2.05) is 23.1 Å². The van der Waals surface area contributed by atoms with Gasteiger partial charge in [0.25, 0.3) is 5.01 Å². The van der Waals surface area contributed by atoms with Crippen LogP contribution in [-0.4, -0.2) is 46.1 Å². The molecule has 0 spiro atoms. The zero-order valence-electron chi connectivity index (χ0n) is 24.2. The molecule has 0 saturated carbocycles. The average Bonchev–Trinajstić information content (AvgIpc) is 3.58. The van der Waals surface area contributed by atoms with E-state index in [0.29, 0.717) is 39.5 Å². The Kier molecular flexibility index (Phi) is 9.84. The standard InChI is InChI=1S/C35H37N4O2S2/c36-15-19-40-21-17-38-30-23-28(26-7-3-1-4-8-26)11-13-32(30)42-34(38)25-35-39(18-22-41-20-16-37)31-24-29(12-14-33(31)43-35)27-9-5-2-6-10-27/h1-14,23-25H,15-22,36-37H2/q+1. The highest BCUT2D eigenvalue weighted by atomic mass is 32.2. The van der Waals surface area contributed by atoms with Gasteiger partial charge >= 0.3 is 0 Å². The predicted octanol–water partition coefficient (Wildman–Crippen LogP) is 6.38. The summed E-state index contributed by atoms with van der Waals surface area (Å²) in [5.74, 6) is 0. The predicted molar refractivity (Wildman–Crippen MR) is 180 cm³/mol. The van der Waals surface area contributed by atoms with E-state index < -0.39 is 0 Å². The van der Waals surface area contributed by atoms with Crippen LogP contribution in [0.15, 0.2) is 107 Å². The number of anilines is 1. The molecule has 0 fully saturated rings. The molecule has 0 saturated heterocycles. The Hall–Kier alpha value is -3.50. The third-order valence-electron chi connectivity index (χ3n) is 7.36.